The number of hydrogen-bond donors (Lipinski definition) is 0. The minimum absolute atomic E-state index is 0.252. The molecule has 0 saturated heterocycles. The van der Waals surface area contributed by atoms with Crippen LogP contribution in [0.25, 0.3) is 0 Å². The van der Waals surface area contributed by atoms with Crippen molar-refractivity contribution in [2.24, 2.45) is 0 Å². The summed E-state index contributed by atoms with van der Waals surface area (Å²) in [5.41, 5.74) is 0. The first-order valence-corrected chi connectivity index (χ1v) is 2.46. The lowest BCUT2D eigenvalue weighted by Gasteiger charge is -1.89. The van der Waals surface area contributed by atoms with Crippen molar-refractivity contribution in [3.8, 4) is 0 Å². The predicted molar refractivity (Wildman–Crippen MR) is 30.1 cm³/mol. The van der Waals surface area contributed by atoms with Crippen LogP contribution in [-0.4, -0.2) is 5.38 Å². The Kier molecular flexibility index (Phi) is 3.24. The van der Waals surface area contributed by atoms with E-state index in [1.807, 2.05) is 13.0 Å². The standard InChI is InChI=1S/C5H9Cl/c1-3-4-5(2)6/h3,5H,1,4H2,2H3. The third kappa shape index (κ3) is 4.03. The molecule has 0 heterocycles. The fraction of sp³-hybridized carbons (Fsp3) is 0.600. The summed E-state index contributed by atoms with van der Waals surface area (Å²) in [6.07, 6.45) is 2.72. The zero-order valence-corrected chi connectivity index (χ0v) is 4.70. The summed E-state index contributed by atoms with van der Waals surface area (Å²) in [7, 11) is 0. The van der Waals surface area contributed by atoms with Crippen molar-refractivity contribution in [2.45, 2.75) is 18.7 Å². The molecule has 1 unspecified atom stereocenters. The molecular formula is C5H9Cl. The number of halogens is 1. The highest BCUT2D eigenvalue weighted by Crippen LogP contribution is 1.97. The van der Waals surface area contributed by atoms with Crippen LogP contribution in [0.15, 0.2) is 12.7 Å². The van der Waals surface area contributed by atoms with Crippen molar-refractivity contribution in [1.82, 2.24) is 0 Å². The Morgan fingerprint density at radius 1 is 2.00 bits per heavy atom. The Morgan fingerprint density at radius 3 is 2.50 bits per heavy atom. The minimum Gasteiger partial charge on any atom is -0.123 e. The summed E-state index contributed by atoms with van der Waals surface area (Å²) in [4.78, 5) is 0. The van der Waals surface area contributed by atoms with Gasteiger partial charge >= 0.3 is 0 Å². The van der Waals surface area contributed by atoms with Crippen LogP contribution >= 0.6 is 11.6 Å². The highest BCUT2D eigenvalue weighted by molar-refractivity contribution is 6.20. The van der Waals surface area contributed by atoms with Crippen molar-refractivity contribution in [1.29, 1.82) is 0 Å². The summed E-state index contributed by atoms with van der Waals surface area (Å²) < 4.78 is 0. The van der Waals surface area contributed by atoms with Crippen LogP contribution in [0.5, 0.6) is 0 Å². The molecule has 0 aromatic carbocycles. The maximum Gasteiger partial charge on any atom is 0.0342 e. The first kappa shape index (κ1) is 6.03. The Bertz CT molecular complexity index is 39.2. The summed E-state index contributed by atoms with van der Waals surface area (Å²) in [6, 6.07) is 0. The molecule has 0 aromatic rings. The molecule has 0 saturated carbocycles. The molecule has 0 aliphatic rings. The second kappa shape index (κ2) is 3.23. The molecule has 0 spiro atoms. The van der Waals surface area contributed by atoms with E-state index in [2.05, 4.69) is 6.58 Å². The zero-order valence-electron chi connectivity index (χ0n) is 3.95. The average Bonchev–Trinajstić information content (AvgIpc) is 1.35. The van der Waals surface area contributed by atoms with E-state index in [9.17, 15) is 0 Å². The summed E-state index contributed by atoms with van der Waals surface area (Å²) >= 11 is 5.51. The van der Waals surface area contributed by atoms with Crippen molar-refractivity contribution < 1.29 is 0 Å². The smallest absolute Gasteiger partial charge is 0.0342 e. The van der Waals surface area contributed by atoms with Crippen LogP contribution in [0.1, 0.15) is 13.3 Å². The minimum atomic E-state index is 0.252. The lowest BCUT2D eigenvalue weighted by molar-refractivity contribution is 0.971. The van der Waals surface area contributed by atoms with E-state index < -0.39 is 0 Å². The predicted octanol–water partition coefficient (Wildman–Crippen LogP) is 2.19. The monoisotopic (exact) mass is 104 g/mol. The molecular weight excluding hydrogens is 95.5 g/mol. The van der Waals surface area contributed by atoms with E-state index >= 15 is 0 Å². The SMILES string of the molecule is C=CCC(C)Cl. The van der Waals surface area contributed by atoms with Crippen molar-refractivity contribution in [2.75, 3.05) is 0 Å². The van der Waals surface area contributed by atoms with Crippen LogP contribution in [0.4, 0.5) is 0 Å². The Labute approximate surface area is 43.8 Å². The van der Waals surface area contributed by atoms with Crippen molar-refractivity contribution in [3.05, 3.63) is 12.7 Å². The molecule has 6 heavy (non-hydrogen) atoms. The normalized spacial score (nSPS) is 13.7. The summed E-state index contributed by atoms with van der Waals surface area (Å²) in [5.74, 6) is 0. The largest absolute Gasteiger partial charge is 0.123 e. The van der Waals surface area contributed by atoms with E-state index in [-0.39, 0.29) is 5.38 Å². The van der Waals surface area contributed by atoms with Crippen LogP contribution in [0, 0.1) is 0 Å². The second-order valence-electron chi connectivity index (χ2n) is 1.31. The Hall–Kier alpha value is 0.0300. The van der Waals surface area contributed by atoms with Crippen LogP contribution in [0.3, 0.4) is 0 Å². The summed E-state index contributed by atoms with van der Waals surface area (Å²) in [5, 5.41) is 0.252. The lowest BCUT2D eigenvalue weighted by Crippen LogP contribution is -1.83. The molecule has 0 aliphatic carbocycles. The van der Waals surface area contributed by atoms with Gasteiger partial charge in [0.1, 0.15) is 0 Å². The number of allylic oxidation sites excluding steroid dienone is 1. The number of rotatable bonds is 2. The van der Waals surface area contributed by atoms with Gasteiger partial charge in [-0.3, -0.25) is 0 Å². The fourth-order valence-electron chi connectivity index (χ4n) is 0.230. The molecule has 0 fully saturated rings. The van der Waals surface area contributed by atoms with Gasteiger partial charge in [0, 0.05) is 5.38 Å². The Balaban J connectivity index is 2.81. The molecule has 0 nitrogen and oxygen atoms in total. The van der Waals surface area contributed by atoms with Gasteiger partial charge in [-0.25, -0.2) is 0 Å². The first-order valence-electron chi connectivity index (χ1n) is 2.02. The van der Waals surface area contributed by atoms with Crippen LogP contribution in [0.2, 0.25) is 0 Å². The molecule has 0 rings (SSSR count). The van der Waals surface area contributed by atoms with E-state index in [1.54, 1.807) is 0 Å². The lowest BCUT2D eigenvalue weighted by atomic mass is 10.3. The zero-order chi connectivity index (χ0) is 4.99. The quantitative estimate of drug-likeness (QED) is 0.372. The van der Waals surface area contributed by atoms with Gasteiger partial charge in [0.15, 0.2) is 0 Å². The molecule has 0 N–H and O–H groups in total. The first-order chi connectivity index (χ1) is 2.77. The van der Waals surface area contributed by atoms with E-state index in [0.29, 0.717) is 0 Å². The third-order valence-corrected chi connectivity index (χ3v) is 0.670. The van der Waals surface area contributed by atoms with Gasteiger partial charge in [0.25, 0.3) is 0 Å². The van der Waals surface area contributed by atoms with Gasteiger partial charge in [-0.05, 0) is 13.3 Å². The van der Waals surface area contributed by atoms with Gasteiger partial charge < -0.3 is 0 Å². The van der Waals surface area contributed by atoms with Gasteiger partial charge in [-0.1, -0.05) is 6.08 Å². The van der Waals surface area contributed by atoms with Crippen LogP contribution in [-0.2, 0) is 0 Å². The van der Waals surface area contributed by atoms with Gasteiger partial charge in [0.2, 0.25) is 0 Å². The maximum absolute atomic E-state index is 5.51. The fourth-order valence-corrected chi connectivity index (χ4v) is 0.356. The molecule has 1 atom stereocenters. The molecule has 0 radical (unpaired) electrons. The highest BCUT2D eigenvalue weighted by atomic mass is 35.5. The highest BCUT2D eigenvalue weighted by Gasteiger charge is 1.85. The maximum atomic E-state index is 5.51. The van der Waals surface area contributed by atoms with Gasteiger partial charge in [-0.15, -0.1) is 18.2 Å². The summed E-state index contributed by atoms with van der Waals surface area (Å²) in [6.45, 7) is 5.46. The van der Waals surface area contributed by atoms with E-state index in [1.165, 1.54) is 0 Å². The average molecular weight is 105 g/mol. The van der Waals surface area contributed by atoms with Crippen molar-refractivity contribution >= 4 is 11.6 Å². The molecule has 36 valence electrons. The topological polar surface area (TPSA) is 0 Å². The molecule has 0 aromatic heterocycles. The van der Waals surface area contributed by atoms with Gasteiger partial charge in [0.05, 0.1) is 0 Å². The third-order valence-electron chi connectivity index (χ3n) is 0.491. The molecule has 1 heteroatoms. The van der Waals surface area contributed by atoms with Crippen LogP contribution < -0.4 is 0 Å². The molecule has 0 aliphatic heterocycles. The second-order valence-corrected chi connectivity index (χ2v) is 2.05. The van der Waals surface area contributed by atoms with E-state index in [4.69, 9.17) is 11.6 Å². The molecule has 0 amide bonds. The number of hydrogen-bond acceptors (Lipinski definition) is 0. The van der Waals surface area contributed by atoms with Crippen molar-refractivity contribution in [3.63, 3.8) is 0 Å². The Morgan fingerprint density at radius 2 is 2.50 bits per heavy atom. The number of alkyl halides is 1. The molecule has 0 bridgehead atoms. The van der Waals surface area contributed by atoms with E-state index in [0.717, 1.165) is 6.42 Å². The van der Waals surface area contributed by atoms with Gasteiger partial charge in [-0.2, -0.15) is 0 Å².